The van der Waals surface area contributed by atoms with E-state index in [4.69, 9.17) is 20.8 Å². The Balaban J connectivity index is 2.05. The van der Waals surface area contributed by atoms with Crippen LogP contribution in [0.5, 0.6) is 5.75 Å². The molecule has 0 spiro atoms. The van der Waals surface area contributed by atoms with E-state index in [-0.39, 0.29) is 11.5 Å². The number of halogens is 1. The highest BCUT2D eigenvalue weighted by molar-refractivity contribution is 7.18. The topological polar surface area (TPSA) is 56.5 Å². The molecule has 0 amide bonds. The lowest BCUT2D eigenvalue weighted by molar-refractivity contribution is -0.131. The number of carbonyl (C=O) groups excluding carboxylic acids is 2. The molecule has 0 atom stereocenters. The van der Waals surface area contributed by atoms with Crippen molar-refractivity contribution in [3.05, 3.63) is 64.4 Å². The molecule has 3 rings (SSSR count). The average molecular weight is 347 g/mol. The summed E-state index contributed by atoms with van der Waals surface area (Å²) in [5.41, 5.74) is 0.814. The predicted octanol–water partition coefficient (Wildman–Crippen LogP) is 4.82. The third kappa shape index (κ3) is 3.36. The van der Waals surface area contributed by atoms with Crippen molar-refractivity contribution in [3.63, 3.8) is 0 Å². The highest BCUT2D eigenvalue weighted by Gasteiger charge is 2.20. The van der Waals surface area contributed by atoms with Crippen LogP contribution in [-0.4, -0.2) is 11.8 Å². The van der Waals surface area contributed by atoms with Crippen molar-refractivity contribution in [2.45, 2.75) is 6.92 Å². The van der Waals surface area contributed by atoms with E-state index in [1.807, 2.05) is 12.1 Å². The smallest absolute Gasteiger partial charge is 0.308 e. The number of esters is 1. The molecule has 0 unspecified atom stereocenters. The molecule has 116 valence electrons. The monoisotopic (exact) mass is 346 g/mol. The van der Waals surface area contributed by atoms with Crippen LogP contribution in [0.15, 0.2) is 53.1 Å². The van der Waals surface area contributed by atoms with Crippen molar-refractivity contribution in [2.75, 3.05) is 0 Å². The van der Waals surface area contributed by atoms with Gasteiger partial charge in [0.05, 0.1) is 16.0 Å². The predicted molar refractivity (Wildman–Crippen MR) is 88.2 cm³/mol. The fraction of sp³-hybridized carbons (Fsp3) is 0.0588. The molecule has 0 fully saturated rings. The van der Waals surface area contributed by atoms with Gasteiger partial charge < -0.3 is 9.15 Å². The SMILES string of the molecule is CC(=O)Oc1cc(C(=O)c2ccco2)sc1-c1ccc(Cl)cc1. The lowest BCUT2D eigenvalue weighted by Gasteiger charge is -2.03. The van der Waals surface area contributed by atoms with Crippen LogP contribution in [0.1, 0.15) is 22.4 Å². The average Bonchev–Trinajstić information content (AvgIpc) is 3.16. The summed E-state index contributed by atoms with van der Waals surface area (Å²) in [4.78, 5) is 24.8. The summed E-state index contributed by atoms with van der Waals surface area (Å²) < 4.78 is 10.4. The zero-order valence-electron chi connectivity index (χ0n) is 12.0. The van der Waals surface area contributed by atoms with Gasteiger partial charge in [-0.2, -0.15) is 0 Å². The van der Waals surface area contributed by atoms with Crippen molar-refractivity contribution >= 4 is 34.7 Å². The minimum absolute atomic E-state index is 0.239. The largest absolute Gasteiger partial charge is 0.461 e. The molecule has 2 heterocycles. The molecular formula is C17H11ClO4S. The van der Waals surface area contributed by atoms with E-state index in [9.17, 15) is 9.59 Å². The first-order chi connectivity index (χ1) is 11.0. The van der Waals surface area contributed by atoms with Crippen molar-refractivity contribution in [1.29, 1.82) is 0 Å². The summed E-state index contributed by atoms with van der Waals surface area (Å²) in [6.07, 6.45) is 1.44. The van der Waals surface area contributed by atoms with E-state index in [0.717, 1.165) is 5.56 Å². The Bertz CT molecular complexity index is 847. The maximum atomic E-state index is 12.4. The number of rotatable bonds is 4. The summed E-state index contributed by atoms with van der Waals surface area (Å²) >= 11 is 7.13. The van der Waals surface area contributed by atoms with Crippen LogP contribution in [0, 0.1) is 0 Å². The Labute approximate surface area is 141 Å². The maximum Gasteiger partial charge on any atom is 0.308 e. The van der Waals surface area contributed by atoms with Crippen LogP contribution in [0.3, 0.4) is 0 Å². The molecule has 0 aliphatic rings. The van der Waals surface area contributed by atoms with Crippen molar-refractivity contribution in [1.82, 2.24) is 0 Å². The molecule has 23 heavy (non-hydrogen) atoms. The first-order valence-electron chi connectivity index (χ1n) is 6.71. The zero-order valence-corrected chi connectivity index (χ0v) is 13.6. The summed E-state index contributed by atoms with van der Waals surface area (Å²) in [6, 6.07) is 11.9. The third-order valence-electron chi connectivity index (χ3n) is 3.03. The van der Waals surface area contributed by atoms with Gasteiger partial charge in [-0.1, -0.05) is 23.7 Å². The zero-order chi connectivity index (χ0) is 16.4. The molecule has 2 aromatic heterocycles. The van der Waals surface area contributed by atoms with Gasteiger partial charge in [0.2, 0.25) is 5.78 Å². The van der Waals surface area contributed by atoms with E-state index in [0.29, 0.717) is 20.5 Å². The summed E-state index contributed by atoms with van der Waals surface area (Å²) in [5.74, 6) is -0.119. The second-order valence-corrected chi connectivity index (χ2v) is 6.20. The van der Waals surface area contributed by atoms with Crippen LogP contribution in [0.2, 0.25) is 5.02 Å². The lowest BCUT2D eigenvalue weighted by atomic mass is 10.1. The molecule has 0 bridgehead atoms. The molecule has 4 nitrogen and oxygen atoms in total. The van der Waals surface area contributed by atoms with Gasteiger partial charge in [0.1, 0.15) is 5.75 Å². The van der Waals surface area contributed by atoms with Gasteiger partial charge in [0, 0.05) is 18.0 Å². The summed E-state index contributed by atoms with van der Waals surface area (Å²) in [6.45, 7) is 1.32. The van der Waals surface area contributed by atoms with Crippen LogP contribution >= 0.6 is 22.9 Å². The second-order valence-electron chi connectivity index (χ2n) is 4.71. The Morgan fingerprint density at radius 1 is 1.17 bits per heavy atom. The van der Waals surface area contributed by atoms with Crippen LogP contribution < -0.4 is 4.74 Å². The quantitative estimate of drug-likeness (QED) is 0.502. The Hall–Kier alpha value is -2.37. The lowest BCUT2D eigenvalue weighted by Crippen LogP contribution is -2.01. The van der Waals surface area contributed by atoms with Gasteiger partial charge in [-0.25, -0.2) is 0 Å². The number of hydrogen-bond donors (Lipinski definition) is 0. The molecule has 0 saturated heterocycles. The first-order valence-corrected chi connectivity index (χ1v) is 7.90. The molecule has 0 aliphatic heterocycles. The standard InChI is InChI=1S/C17H11ClO4S/c1-10(19)22-14-9-15(16(20)13-3-2-8-21-13)23-17(14)11-4-6-12(18)7-5-11/h2-9H,1H3. The van der Waals surface area contributed by atoms with Crippen LogP contribution in [0.4, 0.5) is 0 Å². The number of ether oxygens (including phenoxy) is 1. The molecule has 0 aliphatic carbocycles. The fourth-order valence-corrected chi connectivity index (χ4v) is 3.21. The number of benzene rings is 1. The van der Waals surface area contributed by atoms with Gasteiger partial charge in [-0.3, -0.25) is 9.59 Å². The van der Waals surface area contributed by atoms with Gasteiger partial charge in [0.15, 0.2) is 5.76 Å². The molecule has 0 radical (unpaired) electrons. The van der Waals surface area contributed by atoms with E-state index in [1.165, 1.54) is 24.5 Å². The van der Waals surface area contributed by atoms with Gasteiger partial charge in [0.25, 0.3) is 0 Å². The van der Waals surface area contributed by atoms with E-state index < -0.39 is 5.97 Å². The van der Waals surface area contributed by atoms with Crippen molar-refractivity contribution < 1.29 is 18.7 Å². The van der Waals surface area contributed by atoms with E-state index in [2.05, 4.69) is 0 Å². The minimum atomic E-state index is -0.449. The molecule has 6 heteroatoms. The number of thiophene rings is 1. The maximum absolute atomic E-state index is 12.4. The van der Waals surface area contributed by atoms with Gasteiger partial charge in [-0.15, -0.1) is 11.3 Å². The van der Waals surface area contributed by atoms with Gasteiger partial charge >= 0.3 is 5.97 Å². The summed E-state index contributed by atoms with van der Waals surface area (Å²) in [5, 5.41) is 0.603. The molecule has 3 aromatic rings. The van der Waals surface area contributed by atoms with E-state index >= 15 is 0 Å². The Morgan fingerprint density at radius 2 is 1.91 bits per heavy atom. The fourth-order valence-electron chi connectivity index (χ4n) is 2.05. The van der Waals surface area contributed by atoms with Gasteiger partial charge in [-0.05, 0) is 29.8 Å². The number of furan rings is 1. The van der Waals surface area contributed by atoms with E-state index in [1.54, 1.807) is 30.3 Å². The second kappa shape index (κ2) is 6.40. The molecule has 1 aromatic carbocycles. The third-order valence-corrected chi connectivity index (χ3v) is 4.44. The summed E-state index contributed by atoms with van der Waals surface area (Å²) in [7, 11) is 0. The normalized spacial score (nSPS) is 10.5. The van der Waals surface area contributed by atoms with Crippen LogP contribution in [-0.2, 0) is 4.79 Å². The Kier molecular flexibility index (Phi) is 4.32. The van der Waals surface area contributed by atoms with Crippen LogP contribution in [0.25, 0.3) is 10.4 Å². The highest BCUT2D eigenvalue weighted by Crippen LogP contribution is 2.39. The van der Waals surface area contributed by atoms with Crippen molar-refractivity contribution in [3.8, 4) is 16.2 Å². The molecule has 0 N–H and O–H groups in total. The molecular weight excluding hydrogens is 336 g/mol. The number of ketones is 1. The number of carbonyl (C=O) groups is 2. The van der Waals surface area contributed by atoms with Crippen molar-refractivity contribution in [2.24, 2.45) is 0 Å². The number of hydrogen-bond acceptors (Lipinski definition) is 5. The highest BCUT2D eigenvalue weighted by atomic mass is 35.5. The minimum Gasteiger partial charge on any atom is -0.461 e. The molecule has 0 saturated carbocycles. The Morgan fingerprint density at radius 3 is 2.52 bits per heavy atom. The first kappa shape index (κ1) is 15.5.